The van der Waals surface area contributed by atoms with E-state index in [9.17, 15) is 8.42 Å². The Hall–Kier alpha value is -2.35. The maximum atomic E-state index is 12.4. The van der Waals surface area contributed by atoms with Crippen molar-refractivity contribution in [1.29, 1.82) is 0 Å². The van der Waals surface area contributed by atoms with Crippen molar-refractivity contribution in [1.82, 2.24) is 9.97 Å². The van der Waals surface area contributed by atoms with E-state index < -0.39 is 10.0 Å². The zero-order chi connectivity index (χ0) is 15.5. The van der Waals surface area contributed by atoms with Gasteiger partial charge in [0.05, 0.1) is 14.2 Å². The fourth-order valence-corrected chi connectivity index (χ4v) is 2.77. The Kier molecular flexibility index (Phi) is 4.27. The van der Waals surface area contributed by atoms with Crippen LogP contribution in [0.2, 0.25) is 0 Å². The maximum absolute atomic E-state index is 12.4. The van der Waals surface area contributed by atoms with Gasteiger partial charge in [-0.2, -0.15) is 0 Å². The molecule has 21 heavy (non-hydrogen) atoms. The number of anilines is 1. The van der Waals surface area contributed by atoms with Crippen LogP contribution in [0.4, 0.5) is 5.95 Å². The number of nitrogens with one attached hydrogen (secondary N) is 1. The first-order valence-electron chi connectivity index (χ1n) is 6.01. The molecular formula is C13H15N3O4S. The molecule has 0 radical (unpaired) electrons. The highest BCUT2D eigenvalue weighted by Gasteiger charge is 2.21. The molecule has 2 aromatic rings. The van der Waals surface area contributed by atoms with Gasteiger partial charge in [0.1, 0.15) is 16.4 Å². The van der Waals surface area contributed by atoms with Crippen LogP contribution in [0, 0.1) is 6.92 Å². The van der Waals surface area contributed by atoms with Crippen molar-refractivity contribution in [2.75, 3.05) is 18.9 Å². The molecule has 7 nitrogen and oxygen atoms in total. The summed E-state index contributed by atoms with van der Waals surface area (Å²) in [6, 6.07) is 6.10. The van der Waals surface area contributed by atoms with Crippen LogP contribution in [0.5, 0.6) is 11.5 Å². The first-order valence-corrected chi connectivity index (χ1v) is 7.49. The van der Waals surface area contributed by atoms with Crippen LogP contribution in [0.1, 0.15) is 5.69 Å². The van der Waals surface area contributed by atoms with E-state index in [4.69, 9.17) is 9.47 Å². The largest absolute Gasteiger partial charge is 0.497 e. The summed E-state index contributed by atoms with van der Waals surface area (Å²) in [5.41, 5.74) is 0.657. The summed E-state index contributed by atoms with van der Waals surface area (Å²) in [7, 11) is -0.980. The molecule has 0 spiro atoms. The molecule has 0 atom stereocenters. The minimum Gasteiger partial charge on any atom is -0.497 e. The van der Waals surface area contributed by atoms with Crippen molar-refractivity contribution >= 4 is 16.0 Å². The van der Waals surface area contributed by atoms with E-state index in [0.29, 0.717) is 11.4 Å². The predicted octanol–water partition coefficient (Wildman–Crippen LogP) is 1.60. The van der Waals surface area contributed by atoms with Gasteiger partial charge in [0, 0.05) is 18.0 Å². The average molecular weight is 309 g/mol. The Morgan fingerprint density at radius 3 is 2.52 bits per heavy atom. The molecule has 1 aromatic carbocycles. The summed E-state index contributed by atoms with van der Waals surface area (Å²) in [5, 5.41) is 0. The van der Waals surface area contributed by atoms with Gasteiger partial charge < -0.3 is 9.47 Å². The number of aromatic nitrogens is 2. The zero-order valence-corrected chi connectivity index (χ0v) is 12.6. The summed E-state index contributed by atoms with van der Waals surface area (Å²) in [6.07, 6.45) is 1.48. The second kappa shape index (κ2) is 5.96. The normalized spacial score (nSPS) is 11.0. The monoisotopic (exact) mass is 309 g/mol. The van der Waals surface area contributed by atoms with Gasteiger partial charge in [0.15, 0.2) is 0 Å². The van der Waals surface area contributed by atoms with Crippen LogP contribution in [0.3, 0.4) is 0 Å². The van der Waals surface area contributed by atoms with Crippen molar-refractivity contribution in [2.45, 2.75) is 11.8 Å². The van der Waals surface area contributed by atoms with Gasteiger partial charge >= 0.3 is 0 Å². The molecule has 8 heteroatoms. The number of methoxy groups -OCH3 is 2. The highest BCUT2D eigenvalue weighted by Crippen LogP contribution is 2.29. The molecule has 0 aliphatic carbocycles. The topological polar surface area (TPSA) is 90.4 Å². The lowest BCUT2D eigenvalue weighted by atomic mass is 10.3. The molecule has 0 unspecified atom stereocenters. The van der Waals surface area contributed by atoms with Crippen molar-refractivity contribution in [2.24, 2.45) is 0 Å². The summed E-state index contributed by atoms with van der Waals surface area (Å²) in [4.78, 5) is 7.86. The number of ether oxygens (including phenoxy) is 2. The van der Waals surface area contributed by atoms with Crippen molar-refractivity contribution in [3.63, 3.8) is 0 Å². The Bertz CT molecular complexity index is 747. The molecule has 0 aliphatic heterocycles. The second-order valence-corrected chi connectivity index (χ2v) is 5.79. The van der Waals surface area contributed by atoms with Gasteiger partial charge in [-0.3, -0.25) is 0 Å². The van der Waals surface area contributed by atoms with Crippen molar-refractivity contribution in [3.05, 3.63) is 36.2 Å². The number of sulfonamides is 1. The van der Waals surface area contributed by atoms with Gasteiger partial charge in [-0.15, -0.1) is 0 Å². The standard InChI is InChI=1S/C13H15N3O4S/c1-9-6-7-14-13(15-9)16-21(17,18)12-5-4-10(19-2)8-11(12)20-3/h4-8H,1-3H3,(H,14,15,16). The molecule has 0 aliphatic rings. The average Bonchev–Trinajstić information content (AvgIpc) is 2.46. The maximum Gasteiger partial charge on any atom is 0.267 e. The number of benzene rings is 1. The summed E-state index contributed by atoms with van der Waals surface area (Å²) < 4.78 is 37.2. The third kappa shape index (κ3) is 3.40. The fourth-order valence-electron chi connectivity index (χ4n) is 1.67. The van der Waals surface area contributed by atoms with Crippen molar-refractivity contribution < 1.29 is 17.9 Å². The molecule has 112 valence electrons. The van der Waals surface area contributed by atoms with E-state index >= 15 is 0 Å². The molecule has 0 fully saturated rings. The number of nitrogens with zero attached hydrogens (tertiary/aromatic N) is 2. The minimum atomic E-state index is -3.85. The Morgan fingerprint density at radius 2 is 1.90 bits per heavy atom. The quantitative estimate of drug-likeness (QED) is 0.902. The van der Waals surface area contributed by atoms with E-state index in [-0.39, 0.29) is 16.6 Å². The summed E-state index contributed by atoms with van der Waals surface area (Å²) in [5.74, 6) is 0.681. The van der Waals surface area contributed by atoms with Crippen LogP contribution in [-0.4, -0.2) is 32.6 Å². The van der Waals surface area contributed by atoms with Crippen molar-refractivity contribution in [3.8, 4) is 11.5 Å². The molecule has 1 N–H and O–H groups in total. The lowest BCUT2D eigenvalue weighted by Crippen LogP contribution is -2.16. The van der Waals surface area contributed by atoms with E-state index in [1.54, 1.807) is 13.0 Å². The Balaban J connectivity index is 2.40. The second-order valence-electron chi connectivity index (χ2n) is 4.14. The highest BCUT2D eigenvalue weighted by atomic mass is 32.2. The van der Waals surface area contributed by atoms with Gasteiger partial charge in [0.25, 0.3) is 10.0 Å². The van der Waals surface area contributed by atoms with E-state index in [0.717, 1.165) is 0 Å². The third-order valence-corrected chi connectivity index (χ3v) is 4.05. The van der Waals surface area contributed by atoms with Gasteiger partial charge in [0.2, 0.25) is 5.95 Å². The van der Waals surface area contributed by atoms with Gasteiger partial charge in [-0.1, -0.05) is 0 Å². The molecule has 0 amide bonds. The van der Waals surface area contributed by atoms with Crippen LogP contribution < -0.4 is 14.2 Å². The smallest absolute Gasteiger partial charge is 0.267 e. The molecule has 0 bridgehead atoms. The lowest BCUT2D eigenvalue weighted by molar-refractivity contribution is 0.386. The number of hydrogen-bond donors (Lipinski definition) is 1. The van der Waals surface area contributed by atoms with E-state index in [2.05, 4.69) is 14.7 Å². The predicted molar refractivity (Wildman–Crippen MR) is 77.1 cm³/mol. The molecule has 0 saturated heterocycles. The first-order chi connectivity index (χ1) is 9.96. The Morgan fingerprint density at radius 1 is 1.14 bits per heavy atom. The zero-order valence-electron chi connectivity index (χ0n) is 11.8. The molecule has 1 aromatic heterocycles. The summed E-state index contributed by atoms with van der Waals surface area (Å²) >= 11 is 0. The highest BCUT2D eigenvalue weighted by molar-refractivity contribution is 7.92. The number of aryl methyl sites for hydroxylation is 1. The number of hydrogen-bond acceptors (Lipinski definition) is 6. The van der Waals surface area contributed by atoms with Crippen LogP contribution in [-0.2, 0) is 10.0 Å². The van der Waals surface area contributed by atoms with Gasteiger partial charge in [-0.25, -0.2) is 23.1 Å². The lowest BCUT2D eigenvalue weighted by Gasteiger charge is -2.11. The van der Waals surface area contributed by atoms with Gasteiger partial charge in [-0.05, 0) is 25.1 Å². The summed E-state index contributed by atoms with van der Waals surface area (Å²) in [6.45, 7) is 1.74. The minimum absolute atomic E-state index is 0.00729. The van der Waals surface area contributed by atoms with Crippen LogP contribution >= 0.6 is 0 Å². The number of rotatable bonds is 5. The Labute approximate surface area is 123 Å². The molecular weight excluding hydrogens is 294 g/mol. The van der Waals surface area contributed by atoms with Crippen LogP contribution in [0.25, 0.3) is 0 Å². The third-order valence-electron chi connectivity index (χ3n) is 2.68. The molecule has 1 heterocycles. The van der Waals surface area contributed by atoms with E-state index in [1.165, 1.54) is 38.6 Å². The SMILES string of the molecule is COc1ccc(S(=O)(=O)Nc2nccc(C)n2)c(OC)c1. The fraction of sp³-hybridized carbons (Fsp3) is 0.231. The first kappa shape index (κ1) is 15.0. The molecule has 2 rings (SSSR count). The van der Waals surface area contributed by atoms with Crippen LogP contribution in [0.15, 0.2) is 35.4 Å². The molecule has 0 saturated carbocycles. The van der Waals surface area contributed by atoms with E-state index in [1.807, 2.05) is 0 Å².